The first-order valence-electron chi connectivity index (χ1n) is 14.3. The number of primary amides is 1. The number of Topliss-reactive ketones (excluding diaryl/α,β-unsaturated/α-hetero) is 1. The molecule has 2 heterocycles. The number of piperidine rings is 1. The maximum absolute atomic E-state index is 13.9. The van der Waals surface area contributed by atoms with Crippen LogP contribution in [0.5, 0.6) is 0 Å². The third kappa shape index (κ3) is 7.26. The van der Waals surface area contributed by atoms with Crippen molar-refractivity contribution in [3.8, 4) is 0 Å². The van der Waals surface area contributed by atoms with Crippen LogP contribution in [0.25, 0.3) is 0 Å². The fourth-order valence-electron chi connectivity index (χ4n) is 6.26. The van der Waals surface area contributed by atoms with Gasteiger partial charge in [-0.25, -0.2) is 4.79 Å². The zero-order valence-corrected chi connectivity index (χ0v) is 23.7. The molecule has 10 nitrogen and oxygen atoms in total. The van der Waals surface area contributed by atoms with Gasteiger partial charge in [-0.1, -0.05) is 65.2 Å². The molecule has 3 aliphatic rings. The molecule has 1 aliphatic carbocycles. The molecule has 3 rings (SSSR count). The van der Waals surface area contributed by atoms with Crippen molar-refractivity contribution in [1.82, 2.24) is 20.9 Å². The van der Waals surface area contributed by atoms with Crippen LogP contribution >= 0.6 is 0 Å². The van der Waals surface area contributed by atoms with E-state index in [0.717, 1.165) is 44.9 Å². The molecule has 3 fully saturated rings. The van der Waals surface area contributed by atoms with E-state index in [2.05, 4.69) is 29.8 Å². The van der Waals surface area contributed by atoms with Crippen LogP contribution in [-0.4, -0.2) is 64.6 Å². The Labute approximate surface area is 226 Å². The maximum Gasteiger partial charge on any atom is 0.315 e. The van der Waals surface area contributed by atoms with Crippen molar-refractivity contribution in [2.45, 2.75) is 122 Å². The molecule has 1 saturated carbocycles. The zero-order valence-electron chi connectivity index (χ0n) is 23.7. The summed E-state index contributed by atoms with van der Waals surface area (Å²) in [6.45, 7) is 10.2. The van der Waals surface area contributed by atoms with E-state index >= 15 is 0 Å². The SMILES string of the molecule is CC(C)(C)NC(=O)N[C@H]1CCCCCCCCCC[C@@H](C(=O)C(N)=O)NC(=O)[C@H]2[C@H]3[C@@H](CN2C1=O)C3(C)C. The van der Waals surface area contributed by atoms with Gasteiger partial charge in [0.1, 0.15) is 12.1 Å². The first kappa shape index (κ1) is 29.9. The number of carbonyl (C=O) groups excluding carboxylic acids is 5. The summed E-state index contributed by atoms with van der Waals surface area (Å²) in [5.74, 6) is -2.49. The Bertz CT molecular complexity index is 927. The van der Waals surface area contributed by atoms with Crippen molar-refractivity contribution in [2.75, 3.05) is 6.54 Å². The minimum atomic E-state index is -1.07. The Kier molecular flexibility index (Phi) is 9.47. The predicted octanol–water partition coefficient (Wildman–Crippen LogP) is 2.39. The third-order valence-electron chi connectivity index (χ3n) is 8.46. The Morgan fingerprint density at radius 2 is 1.50 bits per heavy atom. The Balaban J connectivity index is 1.86. The number of ketones is 1. The summed E-state index contributed by atoms with van der Waals surface area (Å²) >= 11 is 0. The van der Waals surface area contributed by atoms with Crippen LogP contribution in [0.1, 0.15) is 98.8 Å². The van der Waals surface area contributed by atoms with Gasteiger partial charge in [-0.05, 0) is 50.9 Å². The van der Waals surface area contributed by atoms with Gasteiger partial charge in [-0.2, -0.15) is 0 Å². The number of fused-ring (bicyclic) bond motifs is 3. The average Bonchev–Trinajstić information content (AvgIpc) is 3.14. The maximum atomic E-state index is 13.9. The molecule has 0 aromatic heterocycles. The first-order valence-corrected chi connectivity index (χ1v) is 14.3. The van der Waals surface area contributed by atoms with E-state index in [1.165, 1.54) is 0 Å². The van der Waals surface area contributed by atoms with Crippen LogP contribution in [0.3, 0.4) is 0 Å². The lowest BCUT2D eigenvalue weighted by molar-refractivity contribution is -0.143. The molecule has 0 aromatic rings. The minimum Gasteiger partial charge on any atom is -0.363 e. The molecule has 5 amide bonds. The van der Waals surface area contributed by atoms with Crippen molar-refractivity contribution in [1.29, 1.82) is 0 Å². The molecular formula is C28H47N5O5. The molecule has 0 bridgehead atoms. The first-order chi connectivity index (χ1) is 17.7. The molecule has 2 aliphatic heterocycles. The zero-order chi connectivity index (χ0) is 28.3. The number of nitrogens with zero attached hydrogens (tertiary/aromatic N) is 1. The molecule has 10 heteroatoms. The van der Waals surface area contributed by atoms with Gasteiger partial charge in [0, 0.05) is 12.1 Å². The summed E-state index contributed by atoms with van der Waals surface area (Å²) in [6, 6.07) is -2.94. The second-order valence-electron chi connectivity index (χ2n) is 13.0. The van der Waals surface area contributed by atoms with Crippen LogP contribution in [0.4, 0.5) is 4.79 Å². The van der Waals surface area contributed by atoms with Crippen LogP contribution in [0, 0.1) is 17.3 Å². The van der Waals surface area contributed by atoms with E-state index in [0.29, 0.717) is 25.8 Å². The molecule has 214 valence electrons. The highest BCUT2D eigenvalue weighted by Crippen LogP contribution is 2.64. The van der Waals surface area contributed by atoms with Gasteiger partial charge in [0.15, 0.2) is 0 Å². The third-order valence-corrected chi connectivity index (χ3v) is 8.46. The number of nitrogens with two attached hydrogens (primary N) is 1. The number of urea groups is 1. The second kappa shape index (κ2) is 12.0. The quantitative estimate of drug-likeness (QED) is 0.411. The van der Waals surface area contributed by atoms with E-state index in [-0.39, 0.29) is 23.2 Å². The van der Waals surface area contributed by atoms with Crippen LogP contribution < -0.4 is 21.7 Å². The van der Waals surface area contributed by atoms with Gasteiger partial charge >= 0.3 is 6.03 Å². The fourth-order valence-corrected chi connectivity index (χ4v) is 6.26. The highest BCUT2D eigenvalue weighted by Gasteiger charge is 2.69. The number of carbonyl (C=O) groups is 5. The van der Waals surface area contributed by atoms with E-state index in [1.807, 2.05) is 20.8 Å². The Morgan fingerprint density at radius 3 is 2.05 bits per heavy atom. The number of rotatable bonds is 3. The fraction of sp³-hybridized carbons (Fsp3) is 0.821. The summed E-state index contributed by atoms with van der Waals surface area (Å²) < 4.78 is 0. The number of amides is 5. The van der Waals surface area contributed by atoms with Gasteiger partial charge in [0.25, 0.3) is 5.91 Å². The van der Waals surface area contributed by atoms with E-state index in [9.17, 15) is 24.0 Å². The van der Waals surface area contributed by atoms with Crippen molar-refractivity contribution < 1.29 is 24.0 Å². The lowest BCUT2D eigenvalue weighted by atomic mass is 9.97. The molecule has 38 heavy (non-hydrogen) atoms. The van der Waals surface area contributed by atoms with Gasteiger partial charge in [0.05, 0.1) is 6.04 Å². The van der Waals surface area contributed by atoms with Crippen molar-refractivity contribution in [3.05, 3.63) is 0 Å². The van der Waals surface area contributed by atoms with E-state index in [1.54, 1.807) is 4.90 Å². The topological polar surface area (TPSA) is 151 Å². The molecule has 0 aromatic carbocycles. The molecule has 5 atom stereocenters. The lowest BCUT2D eigenvalue weighted by Crippen LogP contribution is -2.59. The minimum absolute atomic E-state index is 0.0538. The number of nitrogens with one attached hydrogen (secondary N) is 3. The molecule has 0 unspecified atom stereocenters. The van der Waals surface area contributed by atoms with Crippen LogP contribution in [0.2, 0.25) is 0 Å². The van der Waals surface area contributed by atoms with Crippen molar-refractivity contribution in [3.63, 3.8) is 0 Å². The lowest BCUT2D eigenvalue weighted by Gasteiger charge is -2.34. The normalized spacial score (nSPS) is 30.8. The molecule has 5 N–H and O–H groups in total. The molecule has 2 saturated heterocycles. The van der Waals surface area contributed by atoms with Crippen molar-refractivity contribution >= 4 is 29.5 Å². The smallest absolute Gasteiger partial charge is 0.315 e. The highest BCUT2D eigenvalue weighted by atomic mass is 16.2. The molecule has 0 spiro atoms. The van der Waals surface area contributed by atoms with Gasteiger partial charge in [-0.3, -0.25) is 19.2 Å². The van der Waals surface area contributed by atoms with Gasteiger partial charge in [0.2, 0.25) is 17.6 Å². The highest BCUT2D eigenvalue weighted by molar-refractivity contribution is 6.37. The predicted molar refractivity (Wildman–Crippen MR) is 144 cm³/mol. The largest absolute Gasteiger partial charge is 0.363 e. The second-order valence-corrected chi connectivity index (χ2v) is 13.0. The summed E-state index contributed by atoms with van der Waals surface area (Å²) in [7, 11) is 0. The number of hydrogen-bond donors (Lipinski definition) is 4. The standard InChI is InChI=1S/C28H47N5O5/c1-27(2,3)32-26(38)31-19-15-13-11-9-7-6-8-10-12-14-18(22(34)23(29)35)30-24(36)21-20-17(28(20,4)5)16-33(21)25(19)37/h17-21H,6-16H2,1-5H3,(H2,29,35)(H,30,36)(H2,31,32,38)/t17-,18+,19+,20-,21-/m1/s1. The summed E-state index contributed by atoms with van der Waals surface area (Å²) in [5, 5.41) is 8.51. The van der Waals surface area contributed by atoms with E-state index in [4.69, 9.17) is 5.73 Å². The van der Waals surface area contributed by atoms with Crippen molar-refractivity contribution in [2.24, 2.45) is 23.0 Å². The van der Waals surface area contributed by atoms with Crippen LogP contribution in [-0.2, 0) is 19.2 Å². The summed E-state index contributed by atoms with van der Waals surface area (Å²) in [6.07, 6.45) is 8.37. The van der Waals surface area contributed by atoms with E-state index < -0.39 is 47.3 Å². The van der Waals surface area contributed by atoms with Crippen LogP contribution in [0.15, 0.2) is 0 Å². The Hall–Kier alpha value is -2.65. The monoisotopic (exact) mass is 533 g/mol. The van der Waals surface area contributed by atoms with Gasteiger partial charge < -0.3 is 26.6 Å². The Morgan fingerprint density at radius 1 is 0.947 bits per heavy atom. The summed E-state index contributed by atoms with van der Waals surface area (Å²) in [5.41, 5.74) is 4.71. The number of hydrogen-bond acceptors (Lipinski definition) is 5. The van der Waals surface area contributed by atoms with Gasteiger partial charge in [-0.15, -0.1) is 0 Å². The summed E-state index contributed by atoms with van der Waals surface area (Å²) in [4.78, 5) is 66.1. The molecule has 0 radical (unpaired) electrons. The molecular weight excluding hydrogens is 486 g/mol. The average molecular weight is 534 g/mol.